The maximum Gasteiger partial charge on any atom is 0.394 e. The highest BCUT2D eigenvalue weighted by molar-refractivity contribution is 5.96. The molecule has 2 unspecified atom stereocenters. The number of anilines is 1. The van der Waals surface area contributed by atoms with Gasteiger partial charge in [0, 0.05) is 5.39 Å². The fraction of sp³-hybridized carbons (Fsp3) is 0.318. The summed E-state index contributed by atoms with van der Waals surface area (Å²) >= 11 is 0. The predicted octanol–water partition coefficient (Wildman–Crippen LogP) is 5.49. The van der Waals surface area contributed by atoms with Gasteiger partial charge in [0.1, 0.15) is 11.4 Å². The summed E-state index contributed by atoms with van der Waals surface area (Å²) in [6.45, 7) is 3.19. The summed E-state index contributed by atoms with van der Waals surface area (Å²) in [7, 11) is 0. The van der Waals surface area contributed by atoms with E-state index in [2.05, 4.69) is 5.32 Å². The molecule has 3 N–H and O–H groups in total. The van der Waals surface area contributed by atoms with E-state index in [1.807, 2.05) is 0 Å². The second-order valence-electron chi connectivity index (χ2n) is 8.26. The van der Waals surface area contributed by atoms with Crippen molar-refractivity contribution < 1.29 is 26.8 Å². The van der Waals surface area contributed by atoms with Gasteiger partial charge in [0.15, 0.2) is 5.76 Å². The third-order valence-corrected chi connectivity index (χ3v) is 5.73. The number of nitrogens with two attached hydrogens (primary N) is 1. The zero-order valence-corrected chi connectivity index (χ0v) is 16.3. The first-order valence-electron chi connectivity index (χ1n) is 9.43. The Labute approximate surface area is 170 Å². The molecular formula is C22H20F4N2O2. The number of para-hydroxylation sites is 1. The molecule has 4 nitrogen and oxygen atoms in total. The molecule has 8 heteroatoms. The Kier molecular flexibility index (Phi) is 4.56. The SMILES string of the molecule is CC1(C)CC(C(F)(F)F)C(NC(=O)c2cc3ccccc3o2)c2ccc(F)c(N)c21. The second kappa shape index (κ2) is 6.75. The standard InChI is InChI=1S/C22H20F4N2O2/c1-21(2)10-13(22(24,25)26)19(12-7-8-14(23)18(27)17(12)21)28-20(29)16-9-11-5-3-4-6-15(11)30-16/h3-9,13,19H,10,27H2,1-2H3,(H,28,29). The maximum atomic E-state index is 14.1. The average molecular weight is 420 g/mol. The molecule has 0 fully saturated rings. The Bertz CT molecular complexity index is 1100. The lowest BCUT2D eigenvalue weighted by molar-refractivity contribution is -0.190. The van der Waals surface area contributed by atoms with E-state index < -0.39 is 35.3 Å². The van der Waals surface area contributed by atoms with E-state index in [9.17, 15) is 22.4 Å². The summed E-state index contributed by atoms with van der Waals surface area (Å²) in [5, 5.41) is 3.12. The van der Waals surface area contributed by atoms with Gasteiger partial charge in [0.25, 0.3) is 5.91 Å². The second-order valence-corrected chi connectivity index (χ2v) is 8.26. The smallest absolute Gasteiger partial charge is 0.394 e. The number of fused-ring (bicyclic) bond motifs is 2. The Morgan fingerprint density at radius 2 is 1.90 bits per heavy atom. The van der Waals surface area contributed by atoms with Gasteiger partial charge in [-0.3, -0.25) is 4.79 Å². The summed E-state index contributed by atoms with van der Waals surface area (Å²) in [5.41, 5.74) is 5.59. The predicted molar refractivity (Wildman–Crippen MR) is 104 cm³/mol. The Balaban J connectivity index is 1.79. The van der Waals surface area contributed by atoms with Crippen LogP contribution in [0.2, 0.25) is 0 Å². The van der Waals surface area contributed by atoms with Crippen molar-refractivity contribution in [2.75, 3.05) is 5.73 Å². The first kappa shape index (κ1) is 20.3. The lowest BCUT2D eigenvalue weighted by Crippen LogP contribution is -2.47. The molecule has 0 saturated heterocycles. The van der Waals surface area contributed by atoms with Crippen molar-refractivity contribution >= 4 is 22.6 Å². The molecule has 0 radical (unpaired) electrons. The highest BCUT2D eigenvalue weighted by Gasteiger charge is 2.53. The van der Waals surface area contributed by atoms with Crippen LogP contribution in [0.4, 0.5) is 23.2 Å². The fourth-order valence-electron chi connectivity index (χ4n) is 4.40. The van der Waals surface area contributed by atoms with Gasteiger partial charge in [-0.1, -0.05) is 38.1 Å². The van der Waals surface area contributed by atoms with Crippen LogP contribution < -0.4 is 11.1 Å². The number of nitrogens with one attached hydrogen (secondary N) is 1. The number of furan rings is 1. The quantitative estimate of drug-likeness (QED) is 0.426. The molecule has 2 atom stereocenters. The summed E-state index contributed by atoms with van der Waals surface area (Å²) in [4.78, 5) is 12.8. The number of halogens is 4. The normalized spacial score (nSPS) is 20.7. The van der Waals surface area contributed by atoms with Crippen LogP contribution in [0.25, 0.3) is 11.0 Å². The molecule has 2 aromatic carbocycles. The molecule has 0 spiro atoms. The van der Waals surface area contributed by atoms with E-state index >= 15 is 0 Å². The van der Waals surface area contributed by atoms with Crippen molar-refractivity contribution in [2.45, 2.75) is 37.9 Å². The number of alkyl halides is 3. The molecule has 0 bridgehead atoms. The van der Waals surface area contributed by atoms with Crippen molar-refractivity contribution in [3.63, 3.8) is 0 Å². The molecule has 30 heavy (non-hydrogen) atoms. The molecule has 1 aromatic heterocycles. The van der Waals surface area contributed by atoms with Gasteiger partial charge in [-0.2, -0.15) is 13.2 Å². The number of carbonyl (C=O) groups excluding carboxylic acids is 1. The molecule has 3 aromatic rings. The Hall–Kier alpha value is -3.03. The van der Waals surface area contributed by atoms with Crippen molar-refractivity contribution in [1.29, 1.82) is 0 Å². The molecule has 158 valence electrons. The number of rotatable bonds is 2. The summed E-state index contributed by atoms with van der Waals surface area (Å²) in [5.74, 6) is -3.44. The first-order chi connectivity index (χ1) is 14.0. The van der Waals surface area contributed by atoms with Crippen molar-refractivity contribution in [3.05, 3.63) is 65.2 Å². The highest BCUT2D eigenvalue weighted by Crippen LogP contribution is 2.52. The average Bonchev–Trinajstić information content (AvgIpc) is 3.09. The van der Waals surface area contributed by atoms with Gasteiger partial charge >= 0.3 is 6.18 Å². The molecule has 1 aliphatic carbocycles. The monoisotopic (exact) mass is 420 g/mol. The Morgan fingerprint density at radius 1 is 1.20 bits per heavy atom. The van der Waals surface area contributed by atoms with E-state index in [0.717, 1.165) is 6.07 Å². The van der Waals surface area contributed by atoms with Gasteiger partial charge in [-0.05, 0) is 41.2 Å². The molecular weight excluding hydrogens is 400 g/mol. The lowest BCUT2D eigenvalue weighted by atomic mass is 9.65. The zero-order chi connectivity index (χ0) is 21.8. The van der Waals surface area contributed by atoms with Crippen molar-refractivity contribution in [2.24, 2.45) is 5.92 Å². The summed E-state index contributed by atoms with van der Waals surface area (Å²) in [6, 6.07) is 9.23. The minimum atomic E-state index is -4.58. The minimum Gasteiger partial charge on any atom is -0.451 e. The number of amides is 1. The number of benzene rings is 2. The zero-order valence-electron chi connectivity index (χ0n) is 16.3. The minimum absolute atomic E-state index is 0.0985. The third kappa shape index (κ3) is 3.30. The van der Waals surface area contributed by atoms with Crippen LogP contribution in [0.1, 0.15) is 48.0 Å². The molecule has 1 amide bonds. The molecule has 1 heterocycles. The van der Waals surface area contributed by atoms with E-state index in [0.29, 0.717) is 11.0 Å². The van der Waals surface area contributed by atoms with E-state index in [4.69, 9.17) is 10.2 Å². The topological polar surface area (TPSA) is 68.3 Å². The van der Waals surface area contributed by atoms with E-state index in [1.54, 1.807) is 38.1 Å². The van der Waals surface area contributed by atoms with Crippen molar-refractivity contribution in [1.82, 2.24) is 5.32 Å². The molecule has 0 aliphatic heterocycles. The number of hydrogen-bond donors (Lipinski definition) is 2. The van der Waals surface area contributed by atoms with Gasteiger partial charge in [-0.25, -0.2) is 4.39 Å². The van der Waals surface area contributed by atoms with Crippen LogP contribution in [-0.4, -0.2) is 12.1 Å². The molecule has 4 rings (SSSR count). The lowest BCUT2D eigenvalue weighted by Gasteiger charge is -2.43. The fourth-order valence-corrected chi connectivity index (χ4v) is 4.40. The molecule has 0 saturated carbocycles. The first-order valence-corrected chi connectivity index (χ1v) is 9.43. The van der Waals surface area contributed by atoms with Crippen LogP contribution in [0, 0.1) is 11.7 Å². The van der Waals surface area contributed by atoms with Crippen LogP contribution in [0.5, 0.6) is 0 Å². The van der Waals surface area contributed by atoms with Gasteiger partial charge < -0.3 is 15.5 Å². The van der Waals surface area contributed by atoms with Gasteiger partial charge in [-0.15, -0.1) is 0 Å². The van der Waals surface area contributed by atoms with Gasteiger partial charge in [0.05, 0.1) is 17.6 Å². The van der Waals surface area contributed by atoms with Crippen LogP contribution in [0.15, 0.2) is 46.9 Å². The summed E-state index contributed by atoms with van der Waals surface area (Å²) < 4.78 is 61.4. The van der Waals surface area contributed by atoms with E-state index in [1.165, 1.54) is 12.1 Å². The van der Waals surface area contributed by atoms with E-state index in [-0.39, 0.29) is 29.0 Å². The number of hydrogen-bond acceptors (Lipinski definition) is 3. The largest absolute Gasteiger partial charge is 0.451 e. The van der Waals surface area contributed by atoms with Crippen LogP contribution in [0.3, 0.4) is 0 Å². The number of nitrogen functional groups attached to an aromatic ring is 1. The number of carbonyl (C=O) groups is 1. The summed E-state index contributed by atoms with van der Waals surface area (Å²) in [6.07, 6.45) is -4.92. The highest BCUT2D eigenvalue weighted by atomic mass is 19.4. The van der Waals surface area contributed by atoms with Gasteiger partial charge in [0.2, 0.25) is 0 Å². The molecule has 1 aliphatic rings. The van der Waals surface area contributed by atoms with Crippen LogP contribution >= 0.6 is 0 Å². The Morgan fingerprint density at radius 3 is 2.57 bits per heavy atom. The third-order valence-electron chi connectivity index (χ3n) is 5.73. The van der Waals surface area contributed by atoms with Crippen LogP contribution in [-0.2, 0) is 5.41 Å². The maximum absolute atomic E-state index is 14.1. The van der Waals surface area contributed by atoms with Crippen molar-refractivity contribution in [3.8, 4) is 0 Å².